The van der Waals surface area contributed by atoms with E-state index in [1.54, 1.807) is 11.9 Å². The Morgan fingerprint density at radius 3 is 2.40 bits per heavy atom. The van der Waals surface area contributed by atoms with Gasteiger partial charge in [0.1, 0.15) is 0 Å². The molecule has 0 aromatic carbocycles. The molecule has 0 saturated carbocycles. The van der Waals surface area contributed by atoms with Crippen LogP contribution in [0.5, 0.6) is 0 Å². The highest BCUT2D eigenvalue weighted by molar-refractivity contribution is 5.74. The van der Waals surface area contributed by atoms with Gasteiger partial charge in [0.25, 0.3) is 0 Å². The standard InChI is InChI=1S/C11H24N2O2/c1-6-8-15-9-7-12-10(14)13(5)11(2,3)4/h6-9H2,1-5H3,(H,12,14). The Balaban J connectivity index is 3.66. The molecule has 0 radical (unpaired) electrons. The molecular weight excluding hydrogens is 192 g/mol. The summed E-state index contributed by atoms with van der Waals surface area (Å²) in [5, 5.41) is 2.81. The minimum absolute atomic E-state index is 0.0531. The minimum atomic E-state index is -0.144. The fourth-order valence-corrected chi connectivity index (χ4v) is 0.900. The van der Waals surface area contributed by atoms with Crippen LogP contribution in [0.15, 0.2) is 0 Å². The van der Waals surface area contributed by atoms with Gasteiger partial charge >= 0.3 is 6.03 Å². The Hall–Kier alpha value is -0.770. The lowest BCUT2D eigenvalue weighted by Gasteiger charge is -2.31. The SMILES string of the molecule is CCCOCCNC(=O)N(C)C(C)(C)C. The number of carbonyl (C=O) groups is 1. The van der Waals surface area contributed by atoms with Crippen molar-refractivity contribution < 1.29 is 9.53 Å². The molecule has 0 fully saturated rings. The topological polar surface area (TPSA) is 41.6 Å². The van der Waals surface area contributed by atoms with Gasteiger partial charge in [-0.05, 0) is 27.2 Å². The number of amides is 2. The second-order valence-electron chi connectivity index (χ2n) is 4.57. The predicted octanol–water partition coefficient (Wildman–Crippen LogP) is 1.85. The third-order valence-corrected chi connectivity index (χ3v) is 2.18. The van der Waals surface area contributed by atoms with Gasteiger partial charge < -0.3 is 15.0 Å². The number of nitrogens with one attached hydrogen (secondary N) is 1. The number of urea groups is 1. The van der Waals surface area contributed by atoms with Crippen LogP contribution in [0.1, 0.15) is 34.1 Å². The van der Waals surface area contributed by atoms with E-state index in [1.807, 2.05) is 20.8 Å². The van der Waals surface area contributed by atoms with Crippen molar-refractivity contribution in [2.45, 2.75) is 39.7 Å². The Labute approximate surface area is 93.0 Å². The van der Waals surface area contributed by atoms with Crippen molar-refractivity contribution in [1.82, 2.24) is 10.2 Å². The molecule has 0 unspecified atom stereocenters. The monoisotopic (exact) mass is 216 g/mol. The van der Waals surface area contributed by atoms with Crippen LogP contribution >= 0.6 is 0 Å². The van der Waals surface area contributed by atoms with Crippen molar-refractivity contribution in [1.29, 1.82) is 0 Å². The maximum atomic E-state index is 11.6. The summed E-state index contributed by atoms with van der Waals surface area (Å²) >= 11 is 0. The zero-order valence-corrected chi connectivity index (χ0v) is 10.6. The van der Waals surface area contributed by atoms with Crippen molar-refractivity contribution >= 4 is 6.03 Å². The van der Waals surface area contributed by atoms with Gasteiger partial charge in [0, 0.05) is 25.7 Å². The van der Waals surface area contributed by atoms with Crippen LogP contribution in [0, 0.1) is 0 Å². The number of rotatable bonds is 5. The summed E-state index contributed by atoms with van der Waals surface area (Å²) in [6.07, 6.45) is 1.01. The normalized spacial score (nSPS) is 11.3. The van der Waals surface area contributed by atoms with Gasteiger partial charge in [-0.25, -0.2) is 4.79 Å². The highest BCUT2D eigenvalue weighted by Crippen LogP contribution is 2.09. The molecule has 15 heavy (non-hydrogen) atoms. The molecular formula is C11H24N2O2. The summed E-state index contributed by atoms with van der Waals surface area (Å²) < 4.78 is 5.27. The van der Waals surface area contributed by atoms with Crippen LogP contribution in [0.4, 0.5) is 4.79 Å². The van der Waals surface area contributed by atoms with Gasteiger partial charge in [0.2, 0.25) is 0 Å². The Bertz CT molecular complexity index is 188. The van der Waals surface area contributed by atoms with Gasteiger partial charge in [-0.15, -0.1) is 0 Å². The lowest BCUT2D eigenvalue weighted by Crippen LogP contribution is -2.48. The molecule has 2 amide bonds. The van der Waals surface area contributed by atoms with E-state index in [9.17, 15) is 4.79 Å². The molecule has 0 aliphatic carbocycles. The van der Waals surface area contributed by atoms with Crippen LogP contribution in [-0.2, 0) is 4.74 Å². The zero-order chi connectivity index (χ0) is 11.9. The average molecular weight is 216 g/mol. The third kappa shape index (κ3) is 6.33. The maximum Gasteiger partial charge on any atom is 0.317 e. The van der Waals surface area contributed by atoms with Crippen LogP contribution in [0.25, 0.3) is 0 Å². The second kappa shape index (κ2) is 6.67. The summed E-state index contributed by atoms with van der Waals surface area (Å²) in [6, 6.07) is -0.0531. The Kier molecular flexibility index (Phi) is 6.32. The Morgan fingerprint density at radius 2 is 1.93 bits per heavy atom. The van der Waals surface area contributed by atoms with Crippen molar-refractivity contribution in [3.05, 3.63) is 0 Å². The molecule has 0 saturated heterocycles. The van der Waals surface area contributed by atoms with E-state index in [0.717, 1.165) is 13.0 Å². The first kappa shape index (κ1) is 14.2. The van der Waals surface area contributed by atoms with Crippen molar-refractivity contribution in [2.24, 2.45) is 0 Å². The maximum absolute atomic E-state index is 11.6. The summed E-state index contributed by atoms with van der Waals surface area (Å²) in [4.78, 5) is 13.3. The molecule has 90 valence electrons. The molecule has 0 aromatic heterocycles. The highest BCUT2D eigenvalue weighted by Gasteiger charge is 2.21. The number of hydrogen-bond donors (Lipinski definition) is 1. The number of carbonyl (C=O) groups excluding carboxylic acids is 1. The first-order valence-electron chi connectivity index (χ1n) is 5.49. The first-order chi connectivity index (χ1) is 6.89. The van der Waals surface area contributed by atoms with Gasteiger partial charge in [-0.1, -0.05) is 6.92 Å². The van der Waals surface area contributed by atoms with Gasteiger partial charge in [-0.2, -0.15) is 0 Å². The van der Waals surface area contributed by atoms with Crippen molar-refractivity contribution in [3.63, 3.8) is 0 Å². The van der Waals surface area contributed by atoms with Crippen molar-refractivity contribution in [2.75, 3.05) is 26.8 Å². The van der Waals surface area contributed by atoms with Crippen molar-refractivity contribution in [3.8, 4) is 0 Å². The van der Waals surface area contributed by atoms with Crippen LogP contribution < -0.4 is 5.32 Å². The minimum Gasteiger partial charge on any atom is -0.380 e. The highest BCUT2D eigenvalue weighted by atomic mass is 16.5. The van der Waals surface area contributed by atoms with E-state index >= 15 is 0 Å². The molecule has 0 aliphatic rings. The fraction of sp³-hybridized carbons (Fsp3) is 0.909. The van der Waals surface area contributed by atoms with Gasteiger partial charge in [-0.3, -0.25) is 0 Å². The lowest BCUT2D eigenvalue weighted by atomic mass is 10.1. The molecule has 0 spiro atoms. The number of nitrogens with zero attached hydrogens (tertiary/aromatic N) is 1. The largest absolute Gasteiger partial charge is 0.380 e. The average Bonchev–Trinajstić information content (AvgIpc) is 2.14. The van der Waals surface area contributed by atoms with E-state index in [2.05, 4.69) is 12.2 Å². The van der Waals surface area contributed by atoms with E-state index in [1.165, 1.54) is 0 Å². The van der Waals surface area contributed by atoms with Gasteiger partial charge in [0.15, 0.2) is 0 Å². The molecule has 0 bridgehead atoms. The zero-order valence-electron chi connectivity index (χ0n) is 10.6. The van der Waals surface area contributed by atoms with Crippen LogP contribution in [0.3, 0.4) is 0 Å². The van der Waals surface area contributed by atoms with E-state index in [0.29, 0.717) is 13.2 Å². The van der Waals surface area contributed by atoms with E-state index < -0.39 is 0 Å². The van der Waals surface area contributed by atoms with E-state index in [4.69, 9.17) is 4.74 Å². The molecule has 0 atom stereocenters. The number of ether oxygens (including phenoxy) is 1. The third-order valence-electron chi connectivity index (χ3n) is 2.18. The summed E-state index contributed by atoms with van der Waals surface area (Å²) in [5.74, 6) is 0. The van der Waals surface area contributed by atoms with Crippen LogP contribution in [-0.4, -0.2) is 43.3 Å². The summed E-state index contributed by atoms with van der Waals surface area (Å²) in [6.45, 7) is 9.97. The first-order valence-corrected chi connectivity index (χ1v) is 5.49. The molecule has 0 aromatic rings. The molecule has 0 rings (SSSR count). The van der Waals surface area contributed by atoms with Crippen LogP contribution in [0.2, 0.25) is 0 Å². The summed E-state index contributed by atoms with van der Waals surface area (Å²) in [7, 11) is 1.79. The molecule has 4 nitrogen and oxygen atoms in total. The smallest absolute Gasteiger partial charge is 0.317 e. The lowest BCUT2D eigenvalue weighted by molar-refractivity contribution is 0.130. The quantitative estimate of drug-likeness (QED) is 0.713. The molecule has 1 N–H and O–H groups in total. The van der Waals surface area contributed by atoms with E-state index in [-0.39, 0.29) is 11.6 Å². The van der Waals surface area contributed by atoms with Gasteiger partial charge in [0.05, 0.1) is 6.61 Å². The second-order valence-corrected chi connectivity index (χ2v) is 4.57. The Morgan fingerprint density at radius 1 is 1.33 bits per heavy atom. The molecule has 0 heterocycles. The predicted molar refractivity (Wildman–Crippen MR) is 62.0 cm³/mol. The molecule has 4 heteroatoms. The summed E-state index contributed by atoms with van der Waals surface area (Å²) in [5.41, 5.74) is -0.144. The fourth-order valence-electron chi connectivity index (χ4n) is 0.900. The number of hydrogen-bond acceptors (Lipinski definition) is 2. The molecule has 0 aliphatic heterocycles.